The van der Waals surface area contributed by atoms with E-state index in [4.69, 9.17) is 5.26 Å². The van der Waals surface area contributed by atoms with Crippen LogP contribution in [0.25, 0.3) is 0 Å². The summed E-state index contributed by atoms with van der Waals surface area (Å²) in [6, 6.07) is 2.20. The summed E-state index contributed by atoms with van der Waals surface area (Å²) in [5.41, 5.74) is 0. The third kappa shape index (κ3) is 2.83. The van der Waals surface area contributed by atoms with Crippen LogP contribution in [0.15, 0.2) is 0 Å². The van der Waals surface area contributed by atoms with Crippen molar-refractivity contribution in [3.05, 3.63) is 6.42 Å². The minimum absolute atomic E-state index is 0.614. The van der Waals surface area contributed by atoms with Crippen molar-refractivity contribution in [1.82, 2.24) is 4.90 Å². The quantitative estimate of drug-likeness (QED) is 0.597. The molecule has 1 fully saturated rings. The molecule has 0 saturated carbocycles. The Balaban J connectivity index is 2.16. The molecule has 2 heteroatoms. The molecule has 0 bridgehead atoms. The Labute approximate surface area is 75.2 Å². The van der Waals surface area contributed by atoms with E-state index in [1.54, 1.807) is 0 Å². The number of nitrogens with zero attached hydrogens (tertiary/aromatic N) is 2. The average molecular weight is 165 g/mol. The zero-order chi connectivity index (χ0) is 8.81. The summed E-state index contributed by atoms with van der Waals surface area (Å²) in [6.45, 7) is 4.97. The third-order valence-corrected chi connectivity index (χ3v) is 2.57. The van der Waals surface area contributed by atoms with Crippen LogP contribution in [-0.2, 0) is 0 Å². The molecule has 0 unspecified atom stereocenters. The second kappa shape index (κ2) is 5.16. The first kappa shape index (κ1) is 9.54. The Morgan fingerprint density at radius 1 is 1.50 bits per heavy atom. The number of likely N-dealkylation sites (tertiary alicyclic amines) is 1. The van der Waals surface area contributed by atoms with Gasteiger partial charge in [-0.15, -0.1) is 0 Å². The number of nitriles is 1. The number of hydrogen-bond donors (Lipinski definition) is 0. The van der Waals surface area contributed by atoms with Crippen molar-refractivity contribution in [2.24, 2.45) is 5.92 Å². The van der Waals surface area contributed by atoms with E-state index in [0.717, 1.165) is 19.0 Å². The summed E-state index contributed by atoms with van der Waals surface area (Å²) >= 11 is 0. The zero-order valence-corrected chi connectivity index (χ0v) is 7.79. The minimum atomic E-state index is 0.614. The van der Waals surface area contributed by atoms with Gasteiger partial charge in [0.05, 0.1) is 12.6 Å². The second-order valence-corrected chi connectivity index (χ2v) is 3.52. The summed E-state index contributed by atoms with van der Waals surface area (Å²) in [7, 11) is 0. The van der Waals surface area contributed by atoms with Gasteiger partial charge in [0.2, 0.25) is 0 Å². The predicted molar refractivity (Wildman–Crippen MR) is 49.4 cm³/mol. The highest BCUT2D eigenvalue weighted by molar-refractivity contribution is 4.81. The van der Waals surface area contributed by atoms with E-state index in [9.17, 15) is 0 Å². The predicted octanol–water partition coefficient (Wildman–Crippen LogP) is 1.84. The zero-order valence-electron chi connectivity index (χ0n) is 7.79. The lowest BCUT2D eigenvalue weighted by Crippen LogP contribution is -2.33. The number of hydrogen-bond acceptors (Lipinski definition) is 2. The topological polar surface area (TPSA) is 27.0 Å². The molecular weight excluding hydrogens is 148 g/mol. The van der Waals surface area contributed by atoms with Crippen molar-refractivity contribution in [2.75, 3.05) is 19.6 Å². The Kier molecular flexibility index (Phi) is 4.10. The highest BCUT2D eigenvalue weighted by Gasteiger charge is 2.17. The summed E-state index contributed by atoms with van der Waals surface area (Å²) in [5, 5.41) is 8.49. The second-order valence-electron chi connectivity index (χ2n) is 3.52. The summed E-state index contributed by atoms with van der Waals surface area (Å²) < 4.78 is 0. The minimum Gasteiger partial charge on any atom is -0.291 e. The molecule has 1 radical (unpaired) electrons. The van der Waals surface area contributed by atoms with Gasteiger partial charge in [0.15, 0.2) is 0 Å². The van der Waals surface area contributed by atoms with E-state index in [-0.39, 0.29) is 0 Å². The van der Waals surface area contributed by atoms with Crippen LogP contribution in [0.2, 0.25) is 0 Å². The molecule has 1 heterocycles. The van der Waals surface area contributed by atoms with Crippen LogP contribution < -0.4 is 0 Å². The Bertz CT molecular complexity index is 152. The molecule has 0 amide bonds. The van der Waals surface area contributed by atoms with Crippen LogP contribution in [0.4, 0.5) is 0 Å². The van der Waals surface area contributed by atoms with Crippen LogP contribution in [0.3, 0.4) is 0 Å². The molecule has 1 saturated heterocycles. The van der Waals surface area contributed by atoms with Crippen LogP contribution in [0.1, 0.15) is 26.2 Å². The molecule has 2 nitrogen and oxygen atoms in total. The molecule has 1 aliphatic heterocycles. The van der Waals surface area contributed by atoms with Crippen molar-refractivity contribution in [2.45, 2.75) is 26.2 Å². The molecule has 0 aromatic rings. The Morgan fingerprint density at radius 2 is 2.17 bits per heavy atom. The van der Waals surface area contributed by atoms with Gasteiger partial charge in [-0.1, -0.05) is 6.92 Å². The molecule has 0 atom stereocenters. The lowest BCUT2D eigenvalue weighted by atomic mass is 9.93. The van der Waals surface area contributed by atoms with Gasteiger partial charge in [-0.2, -0.15) is 5.26 Å². The van der Waals surface area contributed by atoms with Gasteiger partial charge in [0.25, 0.3) is 0 Å². The average Bonchev–Trinajstić information content (AvgIpc) is 2.09. The van der Waals surface area contributed by atoms with Crippen molar-refractivity contribution in [3.63, 3.8) is 0 Å². The molecule has 1 aliphatic rings. The van der Waals surface area contributed by atoms with E-state index in [0.29, 0.717) is 6.54 Å². The summed E-state index contributed by atoms with van der Waals surface area (Å²) in [5.74, 6) is 0.880. The van der Waals surface area contributed by atoms with Gasteiger partial charge in [0.1, 0.15) is 0 Å². The van der Waals surface area contributed by atoms with Crippen LogP contribution in [0.5, 0.6) is 0 Å². The third-order valence-electron chi connectivity index (χ3n) is 2.57. The van der Waals surface area contributed by atoms with Crippen molar-refractivity contribution in [1.29, 1.82) is 5.26 Å². The van der Waals surface area contributed by atoms with E-state index < -0.39 is 0 Å². The summed E-state index contributed by atoms with van der Waals surface area (Å²) in [6.07, 6.45) is 6.04. The fourth-order valence-electron chi connectivity index (χ4n) is 1.81. The summed E-state index contributed by atoms with van der Waals surface area (Å²) in [4.78, 5) is 2.24. The fraction of sp³-hybridized carbons (Fsp3) is 0.800. The molecule has 1 rings (SSSR count). The van der Waals surface area contributed by atoms with Crippen LogP contribution in [0, 0.1) is 23.7 Å². The van der Waals surface area contributed by atoms with Gasteiger partial charge in [-0.05, 0) is 44.7 Å². The van der Waals surface area contributed by atoms with E-state index >= 15 is 0 Å². The molecule has 0 aliphatic carbocycles. The van der Waals surface area contributed by atoms with Gasteiger partial charge in [0, 0.05) is 0 Å². The van der Waals surface area contributed by atoms with Crippen molar-refractivity contribution < 1.29 is 0 Å². The molecule has 67 valence electrons. The lowest BCUT2D eigenvalue weighted by molar-refractivity contribution is 0.202. The first-order chi connectivity index (χ1) is 5.86. The van der Waals surface area contributed by atoms with E-state index in [1.807, 2.05) is 0 Å². The van der Waals surface area contributed by atoms with Crippen molar-refractivity contribution >= 4 is 0 Å². The van der Waals surface area contributed by atoms with Crippen LogP contribution in [-0.4, -0.2) is 24.5 Å². The molecule has 0 N–H and O–H groups in total. The van der Waals surface area contributed by atoms with E-state index in [2.05, 4.69) is 24.3 Å². The van der Waals surface area contributed by atoms with Gasteiger partial charge in [-0.25, -0.2) is 0 Å². The number of rotatable bonds is 3. The van der Waals surface area contributed by atoms with Gasteiger partial charge < -0.3 is 0 Å². The molecule has 0 spiro atoms. The molecule has 0 aromatic carbocycles. The maximum Gasteiger partial charge on any atom is 0.0865 e. The fourth-order valence-corrected chi connectivity index (χ4v) is 1.81. The van der Waals surface area contributed by atoms with Gasteiger partial charge >= 0.3 is 0 Å². The normalized spacial score (nSPS) is 20.7. The first-order valence-electron chi connectivity index (χ1n) is 4.74. The maximum absolute atomic E-state index is 8.49. The van der Waals surface area contributed by atoms with Gasteiger partial charge in [-0.3, -0.25) is 4.90 Å². The van der Waals surface area contributed by atoms with Crippen LogP contribution >= 0.6 is 0 Å². The molecule has 12 heavy (non-hydrogen) atoms. The highest BCUT2D eigenvalue weighted by Crippen LogP contribution is 2.20. The Hall–Kier alpha value is -0.550. The lowest BCUT2D eigenvalue weighted by Gasteiger charge is -2.29. The monoisotopic (exact) mass is 165 g/mol. The van der Waals surface area contributed by atoms with Crippen molar-refractivity contribution in [3.8, 4) is 6.07 Å². The Morgan fingerprint density at radius 3 is 2.67 bits per heavy atom. The molecular formula is C10H17N2. The molecule has 0 aromatic heterocycles. The standard InChI is InChI=1S/C10H17N2/c1-2-3-10-4-7-12(8-5-10)9-6-11/h2,10H,3-5,7-9H2,1H3. The number of piperidine rings is 1. The van der Waals surface area contributed by atoms with E-state index in [1.165, 1.54) is 19.3 Å². The highest BCUT2D eigenvalue weighted by atomic mass is 15.1. The SMILES string of the molecule is C[CH]CC1CCN(CC#N)CC1. The maximum atomic E-state index is 8.49. The first-order valence-corrected chi connectivity index (χ1v) is 4.74. The smallest absolute Gasteiger partial charge is 0.0865 e. The largest absolute Gasteiger partial charge is 0.291 e.